The predicted octanol–water partition coefficient (Wildman–Crippen LogP) is 2.94. The maximum atomic E-state index is 10.9. The van der Waals surface area contributed by atoms with Crippen LogP contribution in [0, 0.1) is 20.8 Å². The van der Waals surface area contributed by atoms with Gasteiger partial charge in [-0.3, -0.25) is 9.54 Å². The molecule has 4 nitrogen and oxygen atoms in total. The Kier molecular flexibility index (Phi) is 5.20. The second-order valence-corrected chi connectivity index (χ2v) is 5.59. The molecular formula is C14H17NO3S. The summed E-state index contributed by atoms with van der Waals surface area (Å²) in [6.07, 6.45) is 3.50. The summed E-state index contributed by atoms with van der Waals surface area (Å²) in [6, 6.07) is 9.18. The molecule has 2 aromatic rings. The van der Waals surface area contributed by atoms with Gasteiger partial charge in [0.05, 0.1) is 4.90 Å². The second kappa shape index (κ2) is 6.45. The summed E-state index contributed by atoms with van der Waals surface area (Å²) in [4.78, 5) is 3.81. The van der Waals surface area contributed by atoms with Crippen LogP contribution in [0.3, 0.4) is 0 Å². The Balaban J connectivity index is 0.000000250. The lowest BCUT2D eigenvalue weighted by Gasteiger charge is -2.07. The average molecular weight is 279 g/mol. The second-order valence-electron chi connectivity index (χ2n) is 4.23. The molecule has 2 rings (SSSR count). The quantitative estimate of drug-likeness (QED) is 0.815. The molecule has 0 bridgehead atoms. The fourth-order valence-corrected chi connectivity index (χ4v) is 2.82. The topological polar surface area (TPSA) is 67.3 Å². The van der Waals surface area contributed by atoms with E-state index < -0.39 is 10.1 Å². The Labute approximate surface area is 113 Å². The molecule has 0 aliphatic heterocycles. The van der Waals surface area contributed by atoms with Crippen molar-refractivity contribution < 1.29 is 13.0 Å². The summed E-state index contributed by atoms with van der Waals surface area (Å²) < 4.78 is 30.8. The number of rotatable bonds is 1. The largest absolute Gasteiger partial charge is 0.295 e. The third-order valence-electron chi connectivity index (χ3n) is 2.43. The number of pyridine rings is 1. The Hall–Kier alpha value is -1.72. The summed E-state index contributed by atoms with van der Waals surface area (Å²) in [5.74, 6) is 0. The molecule has 1 heterocycles. The van der Waals surface area contributed by atoms with Gasteiger partial charge in [0.1, 0.15) is 0 Å². The molecule has 1 N–H and O–H groups in total. The first-order valence-electron chi connectivity index (χ1n) is 5.72. The lowest BCUT2D eigenvalue weighted by molar-refractivity contribution is 0.482. The summed E-state index contributed by atoms with van der Waals surface area (Å²) in [5, 5.41) is 0. The first-order valence-corrected chi connectivity index (χ1v) is 7.16. The highest BCUT2D eigenvalue weighted by Gasteiger charge is 2.15. The minimum Gasteiger partial charge on any atom is -0.282 e. The van der Waals surface area contributed by atoms with Gasteiger partial charge in [0, 0.05) is 12.4 Å². The van der Waals surface area contributed by atoms with E-state index >= 15 is 0 Å². The standard InChI is InChI=1S/C9H12O3S.C5H5N/c1-6-4-7(2)9(8(3)5-6)13(10,11)12;1-2-4-6-5-3-1/h4-5H,1-3H3,(H,10,11,12);1-5H. The summed E-state index contributed by atoms with van der Waals surface area (Å²) in [5.41, 5.74) is 2.16. The molecule has 0 fully saturated rings. The van der Waals surface area contributed by atoms with Crippen molar-refractivity contribution in [3.8, 4) is 0 Å². The van der Waals surface area contributed by atoms with Crippen LogP contribution < -0.4 is 0 Å². The number of nitrogens with zero attached hydrogens (tertiary/aromatic N) is 1. The zero-order valence-electron chi connectivity index (χ0n) is 11.2. The van der Waals surface area contributed by atoms with Crippen LogP contribution in [-0.2, 0) is 10.1 Å². The molecule has 19 heavy (non-hydrogen) atoms. The smallest absolute Gasteiger partial charge is 0.282 e. The predicted molar refractivity (Wildman–Crippen MR) is 74.7 cm³/mol. The Bertz CT molecular complexity index is 587. The van der Waals surface area contributed by atoms with Crippen LogP contribution in [0.15, 0.2) is 47.6 Å². The number of hydrogen-bond donors (Lipinski definition) is 1. The van der Waals surface area contributed by atoms with Crippen molar-refractivity contribution in [3.63, 3.8) is 0 Å². The van der Waals surface area contributed by atoms with E-state index in [0.29, 0.717) is 11.1 Å². The minimum atomic E-state index is -4.08. The lowest BCUT2D eigenvalue weighted by atomic mass is 10.1. The van der Waals surface area contributed by atoms with Crippen LogP contribution in [0.5, 0.6) is 0 Å². The molecule has 0 radical (unpaired) electrons. The number of aryl methyl sites for hydroxylation is 3. The van der Waals surface area contributed by atoms with Gasteiger partial charge in [-0.1, -0.05) is 23.8 Å². The van der Waals surface area contributed by atoms with E-state index in [1.807, 2.05) is 25.1 Å². The zero-order chi connectivity index (χ0) is 14.5. The first-order chi connectivity index (χ1) is 8.82. The minimum absolute atomic E-state index is 0.0260. The van der Waals surface area contributed by atoms with Gasteiger partial charge in [-0.2, -0.15) is 8.42 Å². The monoisotopic (exact) mass is 279 g/mol. The van der Waals surface area contributed by atoms with Crippen molar-refractivity contribution in [2.45, 2.75) is 25.7 Å². The van der Waals surface area contributed by atoms with Gasteiger partial charge in [0.25, 0.3) is 10.1 Å². The summed E-state index contributed by atoms with van der Waals surface area (Å²) >= 11 is 0. The van der Waals surface area contributed by atoms with Crippen LogP contribution in [0.1, 0.15) is 16.7 Å². The van der Waals surface area contributed by atoms with Crippen molar-refractivity contribution >= 4 is 10.1 Å². The van der Waals surface area contributed by atoms with Gasteiger partial charge in [-0.15, -0.1) is 0 Å². The van der Waals surface area contributed by atoms with Gasteiger partial charge >= 0.3 is 0 Å². The first kappa shape index (κ1) is 15.3. The van der Waals surface area contributed by atoms with Crippen LogP contribution in [0.25, 0.3) is 0 Å². The highest BCUT2D eigenvalue weighted by Crippen LogP contribution is 2.20. The van der Waals surface area contributed by atoms with Gasteiger partial charge in [-0.25, -0.2) is 0 Å². The van der Waals surface area contributed by atoms with Crippen LogP contribution in [-0.4, -0.2) is 18.0 Å². The van der Waals surface area contributed by atoms with E-state index in [2.05, 4.69) is 4.98 Å². The summed E-state index contributed by atoms with van der Waals surface area (Å²) in [7, 11) is -4.08. The van der Waals surface area contributed by atoms with Gasteiger partial charge in [0.15, 0.2) is 0 Å². The third kappa shape index (κ3) is 4.81. The molecule has 0 spiro atoms. The molecule has 0 atom stereocenters. The van der Waals surface area contributed by atoms with Gasteiger partial charge < -0.3 is 0 Å². The lowest BCUT2D eigenvalue weighted by Crippen LogP contribution is -2.04. The van der Waals surface area contributed by atoms with Crippen molar-refractivity contribution in [1.29, 1.82) is 0 Å². The van der Waals surface area contributed by atoms with Crippen molar-refractivity contribution in [1.82, 2.24) is 4.98 Å². The van der Waals surface area contributed by atoms with E-state index in [-0.39, 0.29) is 4.90 Å². The fraction of sp³-hybridized carbons (Fsp3) is 0.214. The van der Waals surface area contributed by atoms with E-state index in [9.17, 15) is 8.42 Å². The van der Waals surface area contributed by atoms with E-state index in [4.69, 9.17) is 4.55 Å². The molecule has 1 aromatic heterocycles. The molecule has 0 saturated heterocycles. The van der Waals surface area contributed by atoms with Crippen molar-refractivity contribution in [2.75, 3.05) is 0 Å². The number of hydrogen-bond acceptors (Lipinski definition) is 3. The van der Waals surface area contributed by atoms with E-state index in [0.717, 1.165) is 5.56 Å². The average Bonchev–Trinajstić information content (AvgIpc) is 2.28. The highest BCUT2D eigenvalue weighted by atomic mass is 32.2. The maximum absolute atomic E-state index is 10.9. The molecule has 0 unspecified atom stereocenters. The van der Waals surface area contributed by atoms with Crippen molar-refractivity contribution in [3.05, 3.63) is 59.4 Å². The van der Waals surface area contributed by atoms with Gasteiger partial charge in [-0.05, 0) is 44.0 Å². The van der Waals surface area contributed by atoms with Crippen LogP contribution in [0.4, 0.5) is 0 Å². The Morgan fingerprint density at radius 1 is 0.947 bits per heavy atom. The molecule has 0 saturated carbocycles. The Morgan fingerprint density at radius 2 is 1.42 bits per heavy atom. The van der Waals surface area contributed by atoms with Crippen molar-refractivity contribution in [2.24, 2.45) is 0 Å². The normalized spacial score (nSPS) is 10.5. The maximum Gasteiger partial charge on any atom is 0.295 e. The molecule has 0 amide bonds. The molecular weight excluding hydrogens is 262 g/mol. The molecule has 102 valence electrons. The van der Waals surface area contributed by atoms with E-state index in [1.165, 1.54) is 0 Å². The number of aromatic nitrogens is 1. The van der Waals surface area contributed by atoms with Crippen LogP contribution in [0.2, 0.25) is 0 Å². The Morgan fingerprint density at radius 3 is 1.68 bits per heavy atom. The SMILES string of the molecule is Cc1cc(C)c(S(=O)(=O)O)c(C)c1.c1ccncc1. The third-order valence-corrected chi connectivity index (χ3v) is 3.59. The van der Waals surface area contributed by atoms with E-state index in [1.54, 1.807) is 38.4 Å². The zero-order valence-corrected chi connectivity index (χ0v) is 12.0. The fourth-order valence-electron chi connectivity index (χ4n) is 1.89. The van der Waals surface area contributed by atoms with Crippen LogP contribution >= 0.6 is 0 Å². The highest BCUT2D eigenvalue weighted by molar-refractivity contribution is 7.86. The molecule has 5 heteroatoms. The molecule has 0 aliphatic rings. The number of benzene rings is 1. The molecule has 1 aromatic carbocycles. The van der Waals surface area contributed by atoms with Gasteiger partial charge in [0.2, 0.25) is 0 Å². The summed E-state index contributed by atoms with van der Waals surface area (Å²) in [6.45, 7) is 5.22. The molecule has 0 aliphatic carbocycles.